The number of likely N-dealkylation sites (N-methyl/N-ethyl adjacent to an activating group) is 2. The van der Waals surface area contributed by atoms with Gasteiger partial charge in [-0.1, -0.05) is 32.9 Å². The summed E-state index contributed by atoms with van der Waals surface area (Å²) in [6, 6.07) is 6.80. The van der Waals surface area contributed by atoms with Gasteiger partial charge in [-0.15, -0.1) is 11.8 Å². The number of cyclic esters (lactones) is 1. The number of carbonyl (C=O) groups is 6. The number of amides is 1. The largest absolute Gasteiger partial charge is 0.497 e. The summed E-state index contributed by atoms with van der Waals surface area (Å²) in [5, 5.41) is -0.828. The minimum atomic E-state index is -1.46. The normalized spacial score (nSPS) is 39.3. The standard InChI is InChI=1S/C53H81IN2O17S/c1-27-23-51(9,64-16)45(71-49-43(68-33(7)57)37(22-28(2)66-49)56(14)38(59)25-55(12)13)30(4)42(70-39-24-52(10,65-17)46(32(6)67-39)69-34(8)58)31(5)47(61)72-50(54)53(11)40(29(3)41(27)60)44(48(62)73-53)74-26-35-18-20-36(63-15)21-19-35/h18-21,27-32,37,39-40,42-46,49-50H,22-26H2,1-17H3/t27-,28-,29-,30+,31-,32+,37+,39+,40+,42+,43-,44?,45-,46+,49+,50+,51-,52-,53+/m1/s1. The number of nitrogens with zero attached hydrogens (tertiary/aromatic N) is 2. The van der Waals surface area contributed by atoms with E-state index in [4.69, 9.17) is 52.1 Å². The maximum Gasteiger partial charge on any atom is 0.320 e. The molecule has 0 N–H and O–H groups in total. The number of esters is 4. The van der Waals surface area contributed by atoms with Crippen molar-refractivity contribution in [1.82, 2.24) is 9.80 Å². The van der Waals surface area contributed by atoms with Gasteiger partial charge in [-0.2, -0.15) is 0 Å². The van der Waals surface area contributed by atoms with Crippen molar-refractivity contribution < 1.29 is 80.9 Å². The predicted molar refractivity (Wildman–Crippen MR) is 281 cm³/mol. The fourth-order valence-electron chi connectivity index (χ4n) is 11.3. The second kappa shape index (κ2) is 25.5. The van der Waals surface area contributed by atoms with Crippen LogP contribution in [0.25, 0.3) is 0 Å². The summed E-state index contributed by atoms with van der Waals surface area (Å²) in [4.78, 5) is 86.7. The molecule has 1 aromatic carbocycles. The van der Waals surface area contributed by atoms with Gasteiger partial charge in [0.05, 0.1) is 55.6 Å². The van der Waals surface area contributed by atoms with E-state index in [9.17, 15) is 19.2 Å². The summed E-state index contributed by atoms with van der Waals surface area (Å²) >= 11 is 3.33. The highest BCUT2D eigenvalue weighted by Crippen LogP contribution is 2.51. The number of alkyl halides is 1. The maximum atomic E-state index is 15.2. The first-order chi connectivity index (χ1) is 34.5. The zero-order chi connectivity index (χ0) is 55.4. The molecule has 74 heavy (non-hydrogen) atoms. The van der Waals surface area contributed by atoms with Gasteiger partial charge in [-0.3, -0.25) is 28.8 Å². The van der Waals surface area contributed by atoms with E-state index in [1.165, 1.54) is 39.8 Å². The lowest BCUT2D eigenvalue weighted by Gasteiger charge is -2.50. The molecule has 4 fully saturated rings. The highest BCUT2D eigenvalue weighted by Gasteiger charge is 2.62. The van der Waals surface area contributed by atoms with E-state index in [2.05, 4.69) is 0 Å². The number of ether oxygens (including phenoxy) is 11. The molecular weight excluding hydrogens is 1100 g/mol. The minimum Gasteiger partial charge on any atom is -0.497 e. The van der Waals surface area contributed by atoms with Crippen LogP contribution in [0.5, 0.6) is 5.75 Å². The molecule has 4 aliphatic heterocycles. The Morgan fingerprint density at radius 3 is 1.96 bits per heavy atom. The number of thioether (sulfide) groups is 1. The molecule has 1 aromatic rings. The third-order valence-corrected chi connectivity index (χ3v) is 18.3. The Hall–Kier alpha value is -3.16. The summed E-state index contributed by atoms with van der Waals surface area (Å²) in [6.45, 7) is 18.6. The van der Waals surface area contributed by atoms with Gasteiger partial charge in [-0.05, 0) is 109 Å². The van der Waals surface area contributed by atoms with E-state index >= 15 is 9.59 Å². The smallest absolute Gasteiger partial charge is 0.320 e. The van der Waals surface area contributed by atoms with E-state index in [0.29, 0.717) is 17.9 Å². The molecule has 0 aromatic heterocycles. The molecule has 0 radical (unpaired) electrons. The first kappa shape index (κ1) is 61.7. The Labute approximate surface area is 455 Å². The zero-order valence-corrected chi connectivity index (χ0v) is 49.2. The molecule has 5 rings (SSSR count). The molecule has 1 amide bonds. The van der Waals surface area contributed by atoms with Gasteiger partial charge in [0.15, 0.2) is 34.5 Å². The molecule has 1 unspecified atom stereocenters. The van der Waals surface area contributed by atoms with E-state index in [1.807, 2.05) is 60.7 Å². The lowest BCUT2D eigenvalue weighted by molar-refractivity contribution is -0.320. The molecule has 0 aliphatic carbocycles. The van der Waals surface area contributed by atoms with Crippen molar-refractivity contribution in [2.45, 2.75) is 183 Å². The topological polar surface area (TPSA) is 210 Å². The summed E-state index contributed by atoms with van der Waals surface area (Å²) < 4.78 is 68.5. The van der Waals surface area contributed by atoms with Crippen molar-refractivity contribution in [2.75, 3.05) is 49.0 Å². The Bertz CT molecular complexity index is 2140. The Balaban J connectivity index is 1.66. The SMILES string of the molecule is COc1ccc(CSC2C(=O)O[C@@]3(C)[C@H]2[C@@H](C)C(=O)[C@H](C)C[C@@](C)(OC)[C@H](O[C@@H]2O[C@H](C)C[C@H](N(C)C(=O)CN(C)C)[C@H]2OC(C)=O)[C@@H](C)[C@H](O[C@H]2C[C@@](C)(OC)[C@@H](OC(C)=O)[C@H](C)O2)[C@@H](C)C(=O)O[C@@H]3I)cc1. The monoisotopic (exact) mass is 1180 g/mol. The van der Waals surface area contributed by atoms with Crippen LogP contribution in [-0.4, -0.2) is 176 Å². The minimum absolute atomic E-state index is 0.0523. The molecule has 0 saturated carbocycles. The van der Waals surface area contributed by atoms with Crippen LogP contribution in [0, 0.1) is 29.6 Å². The van der Waals surface area contributed by atoms with Gasteiger partial charge in [-0.25, -0.2) is 0 Å². The molecule has 0 bridgehead atoms. The molecule has 4 saturated heterocycles. The van der Waals surface area contributed by atoms with Crippen molar-refractivity contribution in [3.05, 3.63) is 29.8 Å². The van der Waals surface area contributed by atoms with Gasteiger partial charge < -0.3 is 61.9 Å². The van der Waals surface area contributed by atoms with Crippen molar-refractivity contribution in [3.8, 4) is 5.75 Å². The zero-order valence-electron chi connectivity index (χ0n) is 46.2. The summed E-state index contributed by atoms with van der Waals surface area (Å²) in [5.74, 6) is -6.00. The Morgan fingerprint density at radius 1 is 0.784 bits per heavy atom. The number of halogens is 1. The lowest BCUT2D eigenvalue weighted by Crippen LogP contribution is -2.62. The first-order valence-electron chi connectivity index (χ1n) is 25.4. The van der Waals surface area contributed by atoms with Gasteiger partial charge in [0, 0.05) is 71.0 Å². The number of benzene rings is 1. The van der Waals surface area contributed by atoms with E-state index < -0.39 is 135 Å². The van der Waals surface area contributed by atoms with Crippen LogP contribution in [-0.2, 0) is 81.9 Å². The molecule has 4 heterocycles. The van der Waals surface area contributed by atoms with Crippen LogP contribution in [0.15, 0.2) is 24.3 Å². The second-order valence-corrected chi connectivity index (χ2v) is 23.8. The fourth-order valence-corrected chi connectivity index (χ4v) is 13.6. The van der Waals surface area contributed by atoms with Crippen LogP contribution >= 0.6 is 34.4 Å². The number of fused-ring (bicyclic) bond motifs is 1. The van der Waals surface area contributed by atoms with Gasteiger partial charge in [0.25, 0.3) is 0 Å². The van der Waals surface area contributed by atoms with Crippen molar-refractivity contribution >= 4 is 69.9 Å². The van der Waals surface area contributed by atoms with Crippen molar-refractivity contribution in [1.29, 1.82) is 0 Å². The Morgan fingerprint density at radius 2 is 1.39 bits per heavy atom. The number of hydrogen-bond acceptors (Lipinski definition) is 19. The molecule has 4 aliphatic rings. The maximum absolute atomic E-state index is 15.2. The number of Topliss-reactive ketones (excluding diaryl/α,β-unsaturated/α-hetero) is 1. The number of hydrogen-bond donors (Lipinski definition) is 0. The average molecular weight is 1180 g/mol. The first-order valence-corrected chi connectivity index (χ1v) is 27.7. The molecule has 19 nitrogen and oxygen atoms in total. The van der Waals surface area contributed by atoms with Crippen LogP contribution < -0.4 is 4.74 Å². The molecule has 418 valence electrons. The van der Waals surface area contributed by atoms with E-state index in [0.717, 1.165) is 5.56 Å². The summed E-state index contributed by atoms with van der Waals surface area (Å²) in [5.41, 5.74) is -3.05. The van der Waals surface area contributed by atoms with Crippen LogP contribution in [0.3, 0.4) is 0 Å². The quantitative estimate of drug-likeness (QED) is 0.0834. The highest BCUT2D eigenvalue weighted by atomic mass is 127. The molecule has 19 atom stereocenters. The summed E-state index contributed by atoms with van der Waals surface area (Å²) in [7, 11) is 9.81. The van der Waals surface area contributed by atoms with Gasteiger partial charge in [0.2, 0.25) is 5.91 Å². The third kappa shape index (κ3) is 13.9. The summed E-state index contributed by atoms with van der Waals surface area (Å²) in [6.07, 6.45) is -7.44. The highest BCUT2D eigenvalue weighted by molar-refractivity contribution is 14.1. The fraction of sp³-hybridized carbons (Fsp3) is 0.774. The van der Waals surface area contributed by atoms with Gasteiger partial charge >= 0.3 is 23.9 Å². The molecular formula is C53H81IN2O17S. The lowest BCUT2D eigenvalue weighted by atomic mass is 9.72. The molecule has 21 heteroatoms. The number of carbonyl (C=O) groups excluding carboxylic acids is 6. The number of rotatable bonds is 15. The van der Waals surface area contributed by atoms with E-state index in [-0.39, 0.29) is 31.1 Å². The second-order valence-electron chi connectivity index (χ2n) is 21.5. The Kier molecular flexibility index (Phi) is 21.3. The predicted octanol–water partition coefficient (Wildman–Crippen LogP) is 6.15. The number of methoxy groups -OCH3 is 3. The van der Waals surface area contributed by atoms with Gasteiger partial charge in [0.1, 0.15) is 22.4 Å². The average Bonchev–Trinajstić information content (AvgIpc) is 3.60. The third-order valence-electron chi connectivity index (χ3n) is 15.5. The number of ketones is 1. The molecule has 0 spiro atoms. The van der Waals surface area contributed by atoms with Crippen LogP contribution in [0.4, 0.5) is 0 Å². The van der Waals surface area contributed by atoms with E-state index in [1.54, 1.807) is 86.5 Å². The van der Waals surface area contributed by atoms with Crippen LogP contribution in [0.2, 0.25) is 0 Å². The van der Waals surface area contributed by atoms with Crippen molar-refractivity contribution in [2.24, 2.45) is 29.6 Å². The van der Waals surface area contributed by atoms with Crippen LogP contribution in [0.1, 0.15) is 101 Å². The van der Waals surface area contributed by atoms with Crippen molar-refractivity contribution in [3.63, 3.8) is 0 Å².